The highest BCUT2D eigenvalue weighted by Crippen LogP contribution is 2.38. The monoisotopic (exact) mass is 425 g/mol. The van der Waals surface area contributed by atoms with Crippen molar-refractivity contribution in [1.29, 1.82) is 0 Å². The number of hydrogen-bond acceptors (Lipinski definition) is 4. The molecule has 2 heterocycles. The molecule has 0 saturated carbocycles. The van der Waals surface area contributed by atoms with Gasteiger partial charge in [-0.1, -0.05) is 35.0 Å². The van der Waals surface area contributed by atoms with Gasteiger partial charge in [0, 0.05) is 23.0 Å². The van der Waals surface area contributed by atoms with E-state index in [0.717, 1.165) is 12.1 Å². The number of aromatic nitrogens is 2. The molecule has 0 aliphatic heterocycles. The number of halogens is 3. The van der Waals surface area contributed by atoms with Crippen molar-refractivity contribution in [3.63, 3.8) is 0 Å². The largest absolute Gasteiger partial charge is 0.337 e. The topological polar surface area (TPSA) is 68.0 Å². The van der Waals surface area contributed by atoms with Crippen LogP contribution < -0.4 is 5.32 Å². The van der Waals surface area contributed by atoms with E-state index in [1.165, 1.54) is 6.07 Å². The zero-order chi connectivity index (χ0) is 21.1. The van der Waals surface area contributed by atoms with E-state index in [9.17, 15) is 13.6 Å². The van der Waals surface area contributed by atoms with Crippen LogP contribution in [-0.2, 0) is 11.2 Å². The molecule has 1 amide bonds. The summed E-state index contributed by atoms with van der Waals surface area (Å²) in [5.41, 5.74) is 2.28. The molecule has 0 fully saturated rings. The molecule has 2 aromatic carbocycles. The molecule has 4 rings (SSSR count). The van der Waals surface area contributed by atoms with Gasteiger partial charge in [0.15, 0.2) is 11.6 Å². The summed E-state index contributed by atoms with van der Waals surface area (Å²) in [6.07, 6.45) is 3.15. The Kier molecular flexibility index (Phi) is 5.54. The lowest BCUT2D eigenvalue weighted by Gasteiger charge is -2.07. The van der Waals surface area contributed by atoms with E-state index in [2.05, 4.69) is 15.5 Å². The van der Waals surface area contributed by atoms with Gasteiger partial charge in [0.05, 0.1) is 12.0 Å². The quantitative estimate of drug-likeness (QED) is 0.457. The van der Waals surface area contributed by atoms with Gasteiger partial charge in [0.25, 0.3) is 0 Å². The Bertz CT molecular complexity index is 1210. The number of nitrogens with one attached hydrogen (secondary N) is 1. The third kappa shape index (κ3) is 4.06. The van der Waals surface area contributed by atoms with Gasteiger partial charge in [0.2, 0.25) is 11.8 Å². The van der Waals surface area contributed by atoms with Gasteiger partial charge in [0.1, 0.15) is 5.69 Å². The summed E-state index contributed by atoms with van der Waals surface area (Å²) in [6.45, 7) is 0. The molecule has 0 spiro atoms. The van der Waals surface area contributed by atoms with Crippen molar-refractivity contribution in [1.82, 2.24) is 10.1 Å². The second-order valence-corrected chi connectivity index (χ2v) is 6.82. The lowest BCUT2D eigenvalue weighted by molar-refractivity contribution is -0.115. The van der Waals surface area contributed by atoms with Crippen LogP contribution in [-0.4, -0.2) is 16.0 Å². The van der Waals surface area contributed by atoms with Crippen LogP contribution in [0.4, 0.5) is 14.7 Å². The van der Waals surface area contributed by atoms with Crippen LogP contribution in [0, 0.1) is 11.6 Å². The van der Waals surface area contributed by atoms with E-state index in [4.69, 9.17) is 16.1 Å². The molecule has 2 aromatic heterocycles. The third-order valence-corrected chi connectivity index (χ3v) is 4.78. The molecule has 0 aliphatic rings. The van der Waals surface area contributed by atoms with E-state index in [1.54, 1.807) is 48.8 Å². The Hall–Kier alpha value is -3.58. The number of hydrogen-bond donors (Lipinski definition) is 1. The summed E-state index contributed by atoms with van der Waals surface area (Å²) in [7, 11) is 0. The summed E-state index contributed by atoms with van der Waals surface area (Å²) >= 11 is 6.12. The second kappa shape index (κ2) is 8.42. The fourth-order valence-electron chi connectivity index (χ4n) is 2.99. The maximum atomic E-state index is 13.8. The molecule has 1 N–H and O–H groups in total. The number of amides is 1. The van der Waals surface area contributed by atoms with Gasteiger partial charge < -0.3 is 4.52 Å². The van der Waals surface area contributed by atoms with Crippen molar-refractivity contribution in [2.24, 2.45) is 0 Å². The van der Waals surface area contributed by atoms with Crippen molar-refractivity contribution < 1.29 is 18.1 Å². The molecular formula is C22H14ClF2N3O2. The second-order valence-electron chi connectivity index (χ2n) is 6.42. The summed E-state index contributed by atoms with van der Waals surface area (Å²) in [5.74, 6) is -2.27. The normalized spacial score (nSPS) is 10.8. The molecule has 0 saturated heterocycles. The number of anilines is 1. The molecule has 0 aliphatic carbocycles. The molecule has 8 heteroatoms. The van der Waals surface area contributed by atoms with Crippen molar-refractivity contribution in [3.05, 3.63) is 89.2 Å². The Balaban J connectivity index is 1.71. The maximum Gasteiger partial charge on any atom is 0.239 e. The first-order valence-corrected chi connectivity index (χ1v) is 9.29. The first-order valence-electron chi connectivity index (χ1n) is 8.91. The molecule has 30 heavy (non-hydrogen) atoms. The van der Waals surface area contributed by atoms with Crippen LogP contribution in [0.5, 0.6) is 0 Å². The maximum absolute atomic E-state index is 13.8. The van der Waals surface area contributed by atoms with Crippen LogP contribution >= 0.6 is 11.6 Å². The number of benzene rings is 2. The summed E-state index contributed by atoms with van der Waals surface area (Å²) in [5, 5.41) is 7.15. The minimum atomic E-state index is -1.01. The van der Waals surface area contributed by atoms with E-state index in [1.807, 2.05) is 0 Å². The Morgan fingerprint density at radius 1 is 1.00 bits per heavy atom. The predicted molar refractivity (Wildman–Crippen MR) is 109 cm³/mol. The average Bonchev–Trinajstić information content (AvgIpc) is 3.15. The number of rotatable bonds is 5. The zero-order valence-corrected chi connectivity index (χ0v) is 16.2. The van der Waals surface area contributed by atoms with E-state index in [0.29, 0.717) is 27.3 Å². The molecule has 150 valence electrons. The Morgan fingerprint density at radius 2 is 1.77 bits per heavy atom. The van der Waals surface area contributed by atoms with Gasteiger partial charge in [-0.2, -0.15) is 0 Å². The minimum Gasteiger partial charge on any atom is -0.337 e. The molecule has 0 radical (unpaired) electrons. The van der Waals surface area contributed by atoms with Gasteiger partial charge in [-0.05, 0) is 47.5 Å². The number of nitrogens with zero attached hydrogens (tertiary/aromatic N) is 2. The highest BCUT2D eigenvalue weighted by molar-refractivity contribution is 6.31. The predicted octanol–water partition coefficient (Wildman–Crippen LogP) is 5.52. The summed E-state index contributed by atoms with van der Waals surface area (Å²) in [6, 6.07) is 13.8. The standard InChI is InChI=1S/C22H14ClF2N3O2/c23-16-4-2-1-3-14(16)12-19(29)27-22-20(13-7-9-26-10-8-13)21(28-30-22)15-5-6-17(24)18(25)11-15/h1-11H,12H2,(H,27,29). The lowest BCUT2D eigenvalue weighted by Crippen LogP contribution is -2.14. The lowest BCUT2D eigenvalue weighted by atomic mass is 10.0. The summed E-state index contributed by atoms with van der Waals surface area (Å²) in [4.78, 5) is 16.6. The molecule has 5 nitrogen and oxygen atoms in total. The van der Waals surface area contributed by atoms with E-state index in [-0.39, 0.29) is 23.9 Å². The van der Waals surface area contributed by atoms with Crippen LogP contribution in [0.15, 0.2) is 71.5 Å². The Labute approximate surface area is 175 Å². The summed E-state index contributed by atoms with van der Waals surface area (Å²) < 4.78 is 32.5. The van der Waals surface area contributed by atoms with E-state index >= 15 is 0 Å². The number of pyridine rings is 1. The number of carbonyl (C=O) groups is 1. The minimum absolute atomic E-state index is 0.0245. The molecular weight excluding hydrogens is 412 g/mol. The Morgan fingerprint density at radius 3 is 2.50 bits per heavy atom. The molecule has 0 unspecified atom stereocenters. The van der Waals surface area contributed by atoms with Crippen LogP contribution in [0.2, 0.25) is 5.02 Å². The van der Waals surface area contributed by atoms with E-state index < -0.39 is 11.6 Å². The average molecular weight is 426 g/mol. The highest BCUT2D eigenvalue weighted by Gasteiger charge is 2.22. The highest BCUT2D eigenvalue weighted by atomic mass is 35.5. The van der Waals surface area contributed by atoms with Gasteiger partial charge in [-0.15, -0.1) is 0 Å². The smallest absolute Gasteiger partial charge is 0.239 e. The van der Waals surface area contributed by atoms with Crippen molar-refractivity contribution in [2.45, 2.75) is 6.42 Å². The zero-order valence-electron chi connectivity index (χ0n) is 15.4. The molecule has 4 aromatic rings. The fourth-order valence-corrected chi connectivity index (χ4v) is 3.19. The van der Waals surface area contributed by atoms with Gasteiger partial charge in [-0.3, -0.25) is 15.1 Å². The number of carbonyl (C=O) groups excluding carboxylic acids is 1. The SMILES string of the molecule is O=C(Cc1ccccc1Cl)Nc1onc(-c2ccc(F)c(F)c2)c1-c1ccncc1. The van der Waals surface area contributed by atoms with Crippen molar-refractivity contribution in [3.8, 4) is 22.4 Å². The van der Waals surface area contributed by atoms with Crippen LogP contribution in [0.1, 0.15) is 5.56 Å². The first-order chi connectivity index (χ1) is 14.5. The van der Waals surface area contributed by atoms with Crippen molar-refractivity contribution >= 4 is 23.4 Å². The molecule has 0 bridgehead atoms. The first kappa shape index (κ1) is 19.7. The van der Waals surface area contributed by atoms with Crippen LogP contribution in [0.3, 0.4) is 0 Å². The van der Waals surface area contributed by atoms with Gasteiger partial charge >= 0.3 is 0 Å². The van der Waals surface area contributed by atoms with Gasteiger partial charge in [-0.25, -0.2) is 8.78 Å². The van der Waals surface area contributed by atoms with Crippen LogP contribution in [0.25, 0.3) is 22.4 Å². The van der Waals surface area contributed by atoms with Crippen molar-refractivity contribution in [2.75, 3.05) is 5.32 Å². The molecule has 0 atom stereocenters. The fraction of sp³-hybridized carbons (Fsp3) is 0.0455. The third-order valence-electron chi connectivity index (χ3n) is 4.42.